The maximum Gasteiger partial charge on any atom is 0.317 e. The molecule has 25 heavy (non-hydrogen) atoms. The average molecular weight is 343 g/mol. The monoisotopic (exact) mass is 343 g/mol. The second-order valence-corrected chi connectivity index (χ2v) is 7.71. The zero-order valence-corrected chi connectivity index (χ0v) is 15.8. The van der Waals surface area contributed by atoms with Crippen LogP contribution in [-0.4, -0.2) is 48.9 Å². The summed E-state index contributed by atoms with van der Waals surface area (Å²) in [6.45, 7) is 5.65. The molecule has 1 N–H and O–H groups in total. The van der Waals surface area contributed by atoms with Crippen molar-refractivity contribution in [2.24, 2.45) is 0 Å². The molecular weight excluding hydrogens is 314 g/mol. The molecule has 0 unspecified atom stereocenters. The van der Waals surface area contributed by atoms with E-state index in [1.807, 2.05) is 11.8 Å². The number of nitrogens with one attached hydrogen (secondary N) is 1. The molecule has 5 heteroatoms. The predicted octanol–water partition coefficient (Wildman–Crippen LogP) is 2.98. The first-order valence-electron chi connectivity index (χ1n) is 9.23. The van der Waals surface area contributed by atoms with Crippen molar-refractivity contribution in [3.63, 3.8) is 0 Å². The van der Waals surface area contributed by atoms with Gasteiger partial charge in [-0.15, -0.1) is 0 Å². The maximum absolute atomic E-state index is 12.2. The van der Waals surface area contributed by atoms with E-state index in [1.165, 1.54) is 16.7 Å². The number of aryl methyl sites for hydroxylation is 1. The third-order valence-electron chi connectivity index (χ3n) is 5.83. The van der Waals surface area contributed by atoms with Crippen LogP contribution < -0.4 is 5.32 Å². The third-order valence-corrected chi connectivity index (χ3v) is 5.83. The lowest BCUT2D eigenvalue weighted by atomic mass is 9.73. The number of likely N-dealkylation sites (tertiary alicyclic amines) is 1. The molecule has 136 valence electrons. The van der Waals surface area contributed by atoms with Crippen molar-refractivity contribution < 1.29 is 9.59 Å². The van der Waals surface area contributed by atoms with Crippen LogP contribution >= 0.6 is 0 Å². The molecule has 1 fully saturated rings. The first kappa shape index (κ1) is 17.8. The molecule has 0 bridgehead atoms. The molecule has 2 aliphatic rings. The molecule has 1 heterocycles. The van der Waals surface area contributed by atoms with Crippen LogP contribution in [0, 0.1) is 6.92 Å². The van der Waals surface area contributed by atoms with Gasteiger partial charge in [0.15, 0.2) is 0 Å². The van der Waals surface area contributed by atoms with Gasteiger partial charge in [0.25, 0.3) is 0 Å². The summed E-state index contributed by atoms with van der Waals surface area (Å²) in [6.07, 6.45) is 3.45. The van der Waals surface area contributed by atoms with Crippen molar-refractivity contribution in [2.45, 2.75) is 51.0 Å². The van der Waals surface area contributed by atoms with Crippen LogP contribution in [-0.2, 0) is 10.2 Å². The van der Waals surface area contributed by atoms with Crippen molar-refractivity contribution >= 4 is 11.9 Å². The molecule has 3 rings (SSSR count). The predicted molar refractivity (Wildman–Crippen MR) is 98.5 cm³/mol. The van der Waals surface area contributed by atoms with Crippen LogP contribution in [0.5, 0.6) is 0 Å². The van der Waals surface area contributed by atoms with Crippen LogP contribution in [0.15, 0.2) is 18.2 Å². The molecule has 0 aromatic heterocycles. The highest BCUT2D eigenvalue weighted by molar-refractivity contribution is 5.76. The molecule has 1 spiro atoms. The van der Waals surface area contributed by atoms with E-state index in [2.05, 4.69) is 30.4 Å². The number of carbonyl (C=O) groups excluding carboxylic acids is 2. The smallest absolute Gasteiger partial charge is 0.317 e. The first-order valence-corrected chi connectivity index (χ1v) is 9.23. The summed E-state index contributed by atoms with van der Waals surface area (Å²) < 4.78 is 0. The van der Waals surface area contributed by atoms with Gasteiger partial charge >= 0.3 is 6.03 Å². The Bertz CT molecular complexity index is 676. The van der Waals surface area contributed by atoms with E-state index in [1.54, 1.807) is 19.0 Å². The molecule has 1 aliphatic heterocycles. The van der Waals surface area contributed by atoms with Crippen molar-refractivity contribution in [3.05, 3.63) is 34.9 Å². The Labute approximate surface area is 150 Å². The third kappa shape index (κ3) is 3.24. The van der Waals surface area contributed by atoms with Crippen LogP contribution in [0.25, 0.3) is 0 Å². The Kier molecular flexibility index (Phi) is 4.76. The largest absolute Gasteiger partial charge is 0.343 e. The molecule has 5 nitrogen and oxygen atoms in total. The number of piperidine rings is 1. The van der Waals surface area contributed by atoms with E-state index in [4.69, 9.17) is 0 Å². The quantitative estimate of drug-likeness (QED) is 0.897. The van der Waals surface area contributed by atoms with Crippen molar-refractivity contribution in [1.82, 2.24) is 15.1 Å². The Morgan fingerprint density at radius 1 is 1.28 bits per heavy atom. The first-order chi connectivity index (χ1) is 11.9. The van der Waals surface area contributed by atoms with E-state index >= 15 is 0 Å². The van der Waals surface area contributed by atoms with Crippen molar-refractivity contribution in [3.8, 4) is 0 Å². The molecule has 1 atom stereocenters. The van der Waals surface area contributed by atoms with E-state index < -0.39 is 0 Å². The molecule has 3 amide bonds. The highest BCUT2D eigenvalue weighted by atomic mass is 16.2. The molecule has 1 saturated heterocycles. The van der Waals surface area contributed by atoms with Gasteiger partial charge in [0, 0.05) is 39.0 Å². The molecule has 1 aliphatic carbocycles. The van der Waals surface area contributed by atoms with Gasteiger partial charge in [-0.05, 0) is 37.3 Å². The summed E-state index contributed by atoms with van der Waals surface area (Å²) in [5, 5.41) is 3.18. The number of hydrogen-bond donors (Lipinski definition) is 1. The Balaban J connectivity index is 1.86. The molecule has 0 radical (unpaired) electrons. The standard InChI is InChI=1S/C20H29N3O2/c1-5-18(24)23-10-8-20(9-11-23)13-17(21-19(25)22(3)4)15-12-14(2)6-7-16(15)20/h6-7,12,17H,5,8-11,13H2,1-4H3,(H,21,25)/t17-/m0/s1. The van der Waals surface area contributed by atoms with Gasteiger partial charge in [-0.2, -0.15) is 0 Å². The normalized spacial score (nSPS) is 21.1. The fraction of sp³-hybridized carbons (Fsp3) is 0.600. The minimum absolute atomic E-state index is 0.0481. The van der Waals surface area contributed by atoms with Crippen LogP contribution in [0.3, 0.4) is 0 Å². The Morgan fingerprint density at radius 3 is 2.56 bits per heavy atom. The minimum atomic E-state index is -0.0481. The lowest BCUT2D eigenvalue weighted by Crippen LogP contribution is -2.44. The number of benzene rings is 1. The summed E-state index contributed by atoms with van der Waals surface area (Å²) in [7, 11) is 3.54. The van der Waals surface area contributed by atoms with Gasteiger partial charge in [0.1, 0.15) is 0 Å². The highest BCUT2D eigenvalue weighted by Gasteiger charge is 2.46. The van der Waals surface area contributed by atoms with Gasteiger partial charge in [0.05, 0.1) is 6.04 Å². The average Bonchev–Trinajstić information content (AvgIpc) is 2.87. The van der Waals surface area contributed by atoms with Crippen molar-refractivity contribution in [2.75, 3.05) is 27.2 Å². The van der Waals surface area contributed by atoms with Gasteiger partial charge in [-0.1, -0.05) is 30.7 Å². The van der Waals surface area contributed by atoms with Crippen LogP contribution in [0.1, 0.15) is 55.3 Å². The van der Waals surface area contributed by atoms with Gasteiger partial charge in [0.2, 0.25) is 5.91 Å². The minimum Gasteiger partial charge on any atom is -0.343 e. The molecule has 0 saturated carbocycles. The van der Waals surface area contributed by atoms with E-state index in [0.29, 0.717) is 6.42 Å². The summed E-state index contributed by atoms with van der Waals surface area (Å²) in [6, 6.07) is 6.63. The topological polar surface area (TPSA) is 52.7 Å². The molecule has 1 aromatic carbocycles. The fourth-order valence-corrected chi connectivity index (χ4v) is 4.35. The number of carbonyl (C=O) groups is 2. The summed E-state index contributed by atoms with van der Waals surface area (Å²) in [5.41, 5.74) is 3.92. The van der Waals surface area contributed by atoms with Gasteiger partial charge in [-0.25, -0.2) is 4.79 Å². The molecule has 1 aromatic rings. The fourth-order valence-electron chi connectivity index (χ4n) is 4.35. The Hall–Kier alpha value is -2.04. The number of urea groups is 1. The number of hydrogen-bond acceptors (Lipinski definition) is 2. The van der Waals surface area contributed by atoms with Crippen molar-refractivity contribution in [1.29, 1.82) is 0 Å². The van der Waals surface area contributed by atoms with E-state index in [9.17, 15) is 9.59 Å². The SMILES string of the molecule is CCC(=O)N1CCC2(CC1)C[C@H](NC(=O)N(C)C)c1cc(C)ccc12. The van der Waals surface area contributed by atoms with Gasteiger partial charge in [-0.3, -0.25) is 4.79 Å². The maximum atomic E-state index is 12.2. The highest BCUT2D eigenvalue weighted by Crippen LogP contribution is 2.51. The number of amides is 3. The zero-order valence-electron chi connectivity index (χ0n) is 15.8. The second-order valence-electron chi connectivity index (χ2n) is 7.71. The molecular formula is C20H29N3O2. The summed E-state index contributed by atoms with van der Waals surface area (Å²) >= 11 is 0. The number of nitrogens with zero attached hydrogens (tertiary/aromatic N) is 2. The van der Waals surface area contributed by atoms with E-state index in [0.717, 1.165) is 32.4 Å². The summed E-state index contributed by atoms with van der Waals surface area (Å²) in [4.78, 5) is 27.8. The van der Waals surface area contributed by atoms with Gasteiger partial charge < -0.3 is 15.1 Å². The van der Waals surface area contributed by atoms with Crippen LogP contribution in [0.4, 0.5) is 4.79 Å². The lowest BCUT2D eigenvalue weighted by Gasteiger charge is -2.40. The Morgan fingerprint density at radius 2 is 1.96 bits per heavy atom. The lowest BCUT2D eigenvalue weighted by molar-refractivity contribution is -0.132. The number of rotatable bonds is 2. The summed E-state index contributed by atoms with van der Waals surface area (Å²) in [5.74, 6) is 0.245. The van der Waals surface area contributed by atoms with Crippen LogP contribution in [0.2, 0.25) is 0 Å². The zero-order chi connectivity index (χ0) is 18.2. The van der Waals surface area contributed by atoms with E-state index in [-0.39, 0.29) is 23.4 Å². The number of fused-ring (bicyclic) bond motifs is 2. The second kappa shape index (κ2) is 6.70.